The van der Waals surface area contributed by atoms with Gasteiger partial charge in [0.1, 0.15) is 0 Å². The van der Waals surface area contributed by atoms with Crippen LogP contribution in [0.4, 0.5) is 0 Å². The molecule has 2 atom stereocenters. The first kappa shape index (κ1) is 13.1. The van der Waals surface area contributed by atoms with E-state index in [4.69, 9.17) is 0 Å². The molecule has 1 saturated heterocycles. The minimum absolute atomic E-state index is 0.709. The zero-order valence-electron chi connectivity index (χ0n) is 11.3. The summed E-state index contributed by atoms with van der Waals surface area (Å²) in [6, 6.07) is 14.0. The molecule has 0 radical (unpaired) electrons. The summed E-state index contributed by atoms with van der Waals surface area (Å²) < 4.78 is 1.15. The summed E-state index contributed by atoms with van der Waals surface area (Å²) in [4.78, 5) is 0. The Balaban J connectivity index is 1.72. The number of benzene rings is 2. The standard InChI is InChI=1S/C17H20BrN/c1-12-8-9-19-17(12)7-3-13-2-4-15-11-16(18)6-5-14(15)10-13/h2,4-6,10-12,17,19H,3,7-9H2,1H3. The second kappa shape index (κ2) is 5.64. The van der Waals surface area contributed by atoms with Crippen LogP contribution in [0.15, 0.2) is 40.9 Å². The number of nitrogens with one attached hydrogen (secondary N) is 1. The lowest BCUT2D eigenvalue weighted by atomic mass is 9.96. The molecular weight excluding hydrogens is 298 g/mol. The van der Waals surface area contributed by atoms with Crippen LogP contribution in [0.5, 0.6) is 0 Å². The second-order valence-corrected chi connectivity index (χ2v) is 6.61. The lowest BCUT2D eigenvalue weighted by Gasteiger charge is -2.15. The first-order valence-electron chi connectivity index (χ1n) is 7.14. The van der Waals surface area contributed by atoms with Crippen LogP contribution in [0.1, 0.15) is 25.3 Å². The third-order valence-electron chi connectivity index (χ3n) is 4.30. The Morgan fingerprint density at radius 2 is 1.95 bits per heavy atom. The van der Waals surface area contributed by atoms with Crippen molar-refractivity contribution in [3.8, 4) is 0 Å². The highest BCUT2D eigenvalue weighted by molar-refractivity contribution is 9.10. The number of hydrogen-bond acceptors (Lipinski definition) is 1. The van der Waals surface area contributed by atoms with E-state index >= 15 is 0 Å². The molecule has 2 aromatic carbocycles. The summed E-state index contributed by atoms with van der Waals surface area (Å²) >= 11 is 3.52. The maximum atomic E-state index is 3.62. The summed E-state index contributed by atoms with van der Waals surface area (Å²) in [6.45, 7) is 3.56. The highest BCUT2D eigenvalue weighted by atomic mass is 79.9. The van der Waals surface area contributed by atoms with Gasteiger partial charge in [0.05, 0.1) is 0 Å². The molecule has 1 nitrogen and oxygen atoms in total. The van der Waals surface area contributed by atoms with Gasteiger partial charge in [-0.15, -0.1) is 0 Å². The Bertz CT molecular complexity index is 578. The predicted molar refractivity (Wildman–Crippen MR) is 85.5 cm³/mol. The smallest absolute Gasteiger partial charge is 0.0181 e. The molecule has 0 spiro atoms. The highest BCUT2D eigenvalue weighted by Crippen LogP contribution is 2.23. The molecule has 2 unspecified atom stereocenters. The van der Waals surface area contributed by atoms with E-state index in [1.807, 2.05) is 0 Å². The van der Waals surface area contributed by atoms with Crippen LogP contribution < -0.4 is 5.32 Å². The van der Waals surface area contributed by atoms with E-state index in [-0.39, 0.29) is 0 Å². The number of aryl methyl sites for hydroxylation is 1. The molecule has 3 rings (SSSR count). The number of rotatable bonds is 3. The van der Waals surface area contributed by atoms with Gasteiger partial charge in [0.2, 0.25) is 0 Å². The number of halogens is 1. The summed E-state index contributed by atoms with van der Waals surface area (Å²) in [5.74, 6) is 0.830. The molecule has 0 aliphatic carbocycles. The van der Waals surface area contributed by atoms with Gasteiger partial charge in [0.25, 0.3) is 0 Å². The van der Waals surface area contributed by atoms with E-state index in [2.05, 4.69) is 64.6 Å². The Labute approximate surface area is 123 Å². The molecule has 0 bridgehead atoms. The minimum atomic E-state index is 0.709. The van der Waals surface area contributed by atoms with E-state index in [1.54, 1.807) is 0 Å². The van der Waals surface area contributed by atoms with Crippen LogP contribution in [-0.2, 0) is 6.42 Å². The normalized spacial score (nSPS) is 23.1. The lowest BCUT2D eigenvalue weighted by Crippen LogP contribution is -2.26. The lowest BCUT2D eigenvalue weighted by molar-refractivity contribution is 0.454. The highest BCUT2D eigenvalue weighted by Gasteiger charge is 2.21. The van der Waals surface area contributed by atoms with Gasteiger partial charge in [-0.3, -0.25) is 0 Å². The first-order chi connectivity index (χ1) is 9.22. The van der Waals surface area contributed by atoms with Gasteiger partial charge in [0, 0.05) is 10.5 Å². The first-order valence-corrected chi connectivity index (χ1v) is 7.93. The molecule has 2 heteroatoms. The van der Waals surface area contributed by atoms with Crippen molar-refractivity contribution < 1.29 is 0 Å². The van der Waals surface area contributed by atoms with Crippen LogP contribution in [0.2, 0.25) is 0 Å². The molecule has 100 valence electrons. The Hall–Kier alpha value is -0.860. The molecule has 1 aliphatic rings. The zero-order valence-corrected chi connectivity index (χ0v) is 12.9. The fourth-order valence-electron chi connectivity index (χ4n) is 3.03. The van der Waals surface area contributed by atoms with Crippen molar-refractivity contribution in [2.45, 2.75) is 32.2 Å². The van der Waals surface area contributed by atoms with Crippen molar-refractivity contribution in [1.29, 1.82) is 0 Å². The van der Waals surface area contributed by atoms with Gasteiger partial charge in [-0.25, -0.2) is 0 Å². The summed E-state index contributed by atoms with van der Waals surface area (Å²) in [5.41, 5.74) is 1.45. The summed E-state index contributed by atoms with van der Waals surface area (Å²) in [7, 11) is 0. The topological polar surface area (TPSA) is 12.0 Å². The van der Waals surface area contributed by atoms with Crippen LogP contribution in [-0.4, -0.2) is 12.6 Å². The van der Waals surface area contributed by atoms with Crippen LogP contribution in [0.3, 0.4) is 0 Å². The van der Waals surface area contributed by atoms with Crippen LogP contribution in [0, 0.1) is 5.92 Å². The van der Waals surface area contributed by atoms with Gasteiger partial charge in [-0.05, 0) is 60.2 Å². The molecule has 0 saturated carbocycles. The van der Waals surface area contributed by atoms with Crippen LogP contribution in [0.25, 0.3) is 10.8 Å². The molecule has 1 N–H and O–H groups in total. The summed E-state index contributed by atoms with van der Waals surface area (Å²) in [6.07, 6.45) is 3.76. The molecule has 1 fully saturated rings. The van der Waals surface area contributed by atoms with Crippen molar-refractivity contribution in [3.63, 3.8) is 0 Å². The van der Waals surface area contributed by atoms with Crippen LogP contribution >= 0.6 is 15.9 Å². The van der Waals surface area contributed by atoms with Crippen molar-refractivity contribution in [3.05, 3.63) is 46.4 Å². The Kier molecular flexibility index (Phi) is 3.90. The van der Waals surface area contributed by atoms with E-state index in [1.165, 1.54) is 42.1 Å². The molecule has 2 aromatic rings. The van der Waals surface area contributed by atoms with Gasteiger partial charge in [-0.1, -0.05) is 47.1 Å². The average molecular weight is 318 g/mol. The largest absolute Gasteiger partial charge is 0.314 e. The van der Waals surface area contributed by atoms with Gasteiger partial charge < -0.3 is 5.32 Å². The second-order valence-electron chi connectivity index (χ2n) is 5.69. The maximum Gasteiger partial charge on any atom is 0.0181 e. The molecule has 0 amide bonds. The SMILES string of the molecule is CC1CCNC1CCc1ccc2cc(Br)ccc2c1. The molecule has 1 aliphatic heterocycles. The summed E-state index contributed by atoms with van der Waals surface area (Å²) in [5, 5.41) is 6.27. The van der Waals surface area contributed by atoms with Gasteiger partial charge in [-0.2, -0.15) is 0 Å². The van der Waals surface area contributed by atoms with E-state index in [0.717, 1.165) is 10.4 Å². The fraction of sp³-hybridized carbons (Fsp3) is 0.412. The van der Waals surface area contributed by atoms with Crippen molar-refractivity contribution in [2.24, 2.45) is 5.92 Å². The van der Waals surface area contributed by atoms with E-state index in [9.17, 15) is 0 Å². The molecular formula is C17H20BrN. The monoisotopic (exact) mass is 317 g/mol. The third kappa shape index (κ3) is 3.01. The zero-order chi connectivity index (χ0) is 13.2. The molecule has 19 heavy (non-hydrogen) atoms. The fourth-order valence-corrected chi connectivity index (χ4v) is 3.41. The van der Waals surface area contributed by atoms with Crippen molar-refractivity contribution in [2.75, 3.05) is 6.54 Å². The molecule has 1 heterocycles. The Morgan fingerprint density at radius 3 is 2.74 bits per heavy atom. The maximum absolute atomic E-state index is 3.62. The van der Waals surface area contributed by atoms with Crippen molar-refractivity contribution >= 4 is 26.7 Å². The Morgan fingerprint density at radius 1 is 1.16 bits per heavy atom. The van der Waals surface area contributed by atoms with E-state index in [0.29, 0.717) is 6.04 Å². The van der Waals surface area contributed by atoms with Gasteiger partial charge >= 0.3 is 0 Å². The number of hydrogen-bond donors (Lipinski definition) is 1. The minimum Gasteiger partial charge on any atom is -0.314 e. The van der Waals surface area contributed by atoms with E-state index < -0.39 is 0 Å². The number of fused-ring (bicyclic) bond motifs is 1. The predicted octanol–water partition coefficient (Wildman–Crippen LogP) is 4.53. The average Bonchev–Trinajstić information content (AvgIpc) is 2.82. The van der Waals surface area contributed by atoms with Gasteiger partial charge in [0.15, 0.2) is 0 Å². The quantitative estimate of drug-likeness (QED) is 0.876. The van der Waals surface area contributed by atoms with Crippen molar-refractivity contribution in [1.82, 2.24) is 5.32 Å². The third-order valence-corrected chi connectivity index (χ3v) is 4.80. The molecule has 0 aromatic heterocycles.